The van der Waals surface area contributed by atoms with Crippen LogP contribution in [0.4, 0.5) is 0 Å². The minimum atomic E-state index is 0.786. The normalized spacial score (nSPS) is 49.8. The van der Waals surface area contributed by atoms with Crippen molar-refractivity contribution in [2.75, 3.05) is 0 Å². The van der Waals surface area contributed by atoms with Gasteiger partial charge >= 0.3 is 0 Å². The van der Waals surface area contributed by atoms with Crippen molar-refractivity contribution in [1.82, 2.24) is 0 Å². The molecule has 6 aliphatic rings. The molecule has 2 heterocycles. The molecule has 0 spiro atoms. The van der Waals surface area contributed by atoms with Crippen LogP contribution in [0.15, 0.2) is 23.5 Å². The molecule has 3 saturated carbocycles. The van der Waals surface area contributed by atoms with E-state index in [2.05, 4.69) is 0 Å². The summed E-state index contributed by atoms with van der Waals surface area (Å²) in [6.45, 7) is 8.00. The molecule has 0 aromatic carbocycles. The maximum atomic E-state index is 5.70. The minimum absolute atomic E-state index is 0.786. The Kier molecular flexibility index (Phi) is 2.74. The number of allylic oxidation sites excluding steroid dienone is 3. The predicted molar refractivity (Wildman–Crippen MR) is 78.3 cm³/mol. The zero-order valence-corrected chi connectivity index (χ0v) is 13.1. The SMILES string of the molecule is C1=C(C2CC3CC2C2C4CC(C5=C4O5)C32)O1.CC.CC. The summed E-state index contributed by atoms with van der Waals surface area (Å²) in [6, 6.07) is 0. The van der Waals surface area contributed by atoms with Crippen LogP contribution < -0.4 is 0 Å². The fraction of sp³-hybridized carbons (Fsp3) is 0.778. The van der Waals surface area contributed by atoms with Crippen LogP contribution in [0.2, 0.25) is 0 Å². The number of hydrogen-bond acceptors (Lipinski definition) is 2. The van der Waals surface area contributed by atoms with Gasteiger partial charge in [0.2, 0.25) is 0 Å². The fourth-order valence-electron chi connectivity index (χ4n) is 5.91. The molecule has 4 aliphatic carbocycles. The van der Waals surface area contributed by atoms with E-state index >= 15 is 0 Å². The first-order valence-corrected chi connectivity index (χ1v) is 8.70. The molecular weight excluding hydrogens is 248 g/mol. The molecule has 2 nitrogen and oxygen atoms in total. The van der Waals surface area contributed by atoms with Gasteiger partial charge in [-0.05, 0) is 42.9 Å². The number of ether oxygens (including phenoxy) is 2. The van der Waals surface area contributed by atoms with Crippen molar-refractivity contribution in [3.05, 3.63) is 23.5 Å². The van der Waals surface area contributed by atoms with Crippen LogP contribution >= 0.6 is 0 Å². The van der Waals surface area contributed by atoms with E-state index < -0.39 is 0 Å². The van der Waals surface area contributed by atoms with Crippen LogP contribution in [0.3, 0.4) is 0 Å². The molecule has 0 radical (unpaired) electrons. The van der Waals surface area contributed by atoms with Crippen LogP contribution in [0.1, 0.15) is 47.0 Å². The van der Waals surface area contributed by atoms with E-state index in [0.29, 0.717) is 0 Å². The van der Waals surface area contributed by atoms with Crippen LogP contribution in [0.5, 0.6) is 0 Å². The molecule has 0 aromatic rings. The Bertz CT molecular complexity index is 490. The summed E-state index contributed by atoms with van der Waals surface area (Å²) in [6.07, 6.45) is 6.29. The lowest BCUT2D eigenvalue weighted by Gasteiger charge is -2.33. The number of hydrogen-bond donors (Lipinski definition) is 0. The first-order valence-electron chi connectivity index (χ1n) is 8.70. The van der Waals surface area contributed by atoms with E-state index in [1.807, 2.05) is 34.0 Å². The quantitative estimate of drug-likeness (QED) is 0.648. The molecule has 3 fully saturated rings. The maximum Gasteiger partial charge on any atom is 0.146 e. The largest absolute Gasteiger partial charge is 0.462 e. The van der Waals surface area contributed by atoms with E-state index in [-0.39, 0.29) is 0 Å². The summed E-state index contributed by atoms with van der Waals surface area (Å²) in [5.41, 5.74) is 0. The summed E-state index contributed by atoms with van der Waals surface area (Å²) in [5, 5.41) is 0. The van der Waals surface area contributed by atoms with Crippen molar-refractivity contribution in [3.63, 3.8) is 0 Å². The van der Waals surface area contributed by atoms with Crippen LogP contribution in [-0.4, -0.2) is 0 Å². The summed E-state index contributed by atoms with van der Waals surface area (Å²) < 4.78 is 11.1. The van der Waals surface area contributed by atoms with Crippen LogP contribution in [0, 0.1) is 41.4 Å². The number of fused-ring (bicyclic) bond motifs is 11. The monoisotopic (exact) mass is 274 g/mol. The third kappa shape index (κ3) is 1.40. The first kappa shape index (κ1) is 12.8. The van der Waals surface area contributed by atoms with Gasteiger partial charge in [-0.1, -0.05) is 27.7 Å². The molecule has 4 bridgehead atoms. The van der Waals surface area contributed by atoms with Gasteiger partial charge in [0.05, 0.1) is 0 Å². The van der Waals surface area contributed by atoms with Gasteiger partial charge < -0.3 is 9.47 Å². The molecule has 7 atom stereocenters. The molecular formula is C18H26O2. The Morgan fingerprint density at radius 1 is 0.850 bits per heavy atom. The second-order valence-corrected chi connectivity index (χ2v) is 6.57. The summed E-state index contributed by atoms with van der Waals surface area (Å²) in [4.78, 5) is 0. The van der Waals surface area contributed by atoms with E-state index in [1.54, 1.807) is 0 Å². The van der Waals surface area contributed by atoms with Crippen molar-refractivity contribution in [1.29, 1.82) is 0 Å². The van der Waals surface area contributed by atoms with Crippen molar-refractivity contribution < 1.29 is 9.47 Å². The highest BCUT2D eigenvalue weighted by Gasteiger charge is 2.70. The van der Waals surface area contributed by atoms with Gasteiger partial charge in [-0.25, -0.2) is 0 Å². The molecule has 0 aromatic heterocycles. The van der Waals surface area contributed by atoms with Gasteiger partial charge in [0.25, 0.3) is 0 Å². The smallest absolute Gasteiger partial charge is 0.146 e. The summed E-state index contributed by atoms with van der Waals surface area (Å²) in [5.74, 6) is 10.5. The third-order valence-corrected chi connectivity index (χ3v) is 6.28. The van der Waals surface area contributed by atoms with Crippen molar-refractivity contribution in [2.45, 2.75) is 47.0 Å². The van der Waals surface area contributed by atoms with E-state index in [4.69, 9.17) is 9.47 Å². The summed E-state index contributed by atoms with van der Waals surface area (Å²) >= 11 is 0. The zero-order chi connectivity index (χ0) is 14.0. The molecule has 0 N–H and O–H groups in total. The van der Waals surface area contributed by atoms with Crippen LogP contribution in [-0.2, 0) is 9.47 Å². The van der Waals surface area contributed by atoms with Gasteiger partial charge in [-0.3, -0.25) is 0 Å². The Hall–Kier alpha value is -0.920. The molecule has 20 heavy (non-hydrogen) atoms. The lowest BCUT2D eigenvalue weighted by Crippen LogP contribution is -2.30. The topological polar surface area (TPSA) is 25.1 Å². The molecule has 7 unspecified atom stereocenters. The van der Waals surface area contributed by atoms with E-state index in [0.717, 1.165) is 41.4 Å². The van der Waals surface area contributed by atoms with Crippen molar-refractivity contribution >= 4 is 0 Å². The van der Waals surface area contributed by atoms with Gasteiger partial charge in [-0.2, -0.15) is 0 Å². The lowest BCUT2D eigenvalue weighted by atomic mass is 9.69. The highest BCUT2D eigenvalue weighted by molar-refractivity contribution is 5.38. The maximum absolute atomic E-state index is 5.70. The van der Waals surface area contributed by atoms with Gasteiger partial charge in [-0.15, -0.1) is 0 Å². The molecule has 2 aliphatic heterocycles. The summed E-state index contributed by atoms with van der Waals surface area (Å²) in [7, 11) is 0. The fourth-order valence-corrected chi connectivity index (χ4v) is 5.91. The van der Waals surface area contributed by atoms with Crippen molar-refractivity contribution in [2.24, 2.45) is 41.4 Å². The van der Waals surface area contributed by atoms with Gasteiger partial charge in [0, 0.05) is 17.8 Å². The van der Waals surface area contributed by atoms with Crippen LogP contribution in [0.25, 0.3) is 0 Å². The molecule has 2 heteroatoms. The zero-order valence-electron chi connectivity index (χ0n) is 13.1. The standard InChI is InChI=1S/C14H14O2.2C2H6/c1-5-2-7(6(1)10-4-15-10)12-9-3-8(11(5)12)13-14(9)16-13;2*1-2/h4-9,11-12H,1-3H2;2*1-2H3. The van der Waals surface area contributed by atoms with E-state index in [9.17, 15) is 0 Å². The average Bonchev–Trinajstić information content (AvgIpc) is 3.38. The minimum Gasteiger partial charge on any atom is -0.462 e. The van der Waals surface area contributed by atoms with Gasteiger partial charge in [0.15, 0.2) is 0 Å². The second kappa shape index (κ2) is 4.29. The average molecular weight is 274 g/mol. The molecule has 0 amide bonds. The Morgan fingerprint density at radius 3 is 2.15 bits per heavy atom. The first-order chi connectivity index (χ1) is 9.92. The van der Waals surface area contributed by atoms with Gasteiger partial charge in [0.1, 0.15) is 23.5 Å². The third-order valence-electron chi connectivity index (χ3n) is 6.28. The predicted octanol–water partition coefficient (Wildman–Crippen LogP) is 4.69. The highest BCUT2D eigenvalue weighted by Crippen LogP contribution is 2.74. The molecule has 0 saturated heterocycles. The molecule has 110 valence electrons. The lowest BCUT2D eigenvalue weighted by molar-refractivity contribution is 0.156. The highest BCUT2D eigenvalue weighted by atomic mass is 16.6. The Labute approximate surface area is 122 Å². The van der Waals surface area contributed by atoms with E-state index in [1.165, 1.54) is 36.5 Å². The Morgan fingerprint density at radius 2 is 1.50 bits per heavy atom. The number of rotatable bonds is 1. The second-order valence-electron chi connectivity index (χ2n) is 6.57. The Balaban J connectivity index is 0.000000247. The molecule has 6 rings (SSSR count). The van der Waals surface area contributed by atoms with Crippen molar-refractivity contribution in [3.8, 4) is 0 Å².